The van der Waals surface area contributed by atoms with E-state index in [0.29, 0.717) is 10.6 Å². The molecule has 2 N–H and O–H groups in total. The summed E-state index contributed by atoms with van der Waals surface area (Å²) in [4.78, 5) is 10.6. The molecule has 2 nitrogen and oxygen atoms in total. The van der Waals surface area contributed by atoms with Gasteiger partial charge in [0.05, 0.1) is 0 Å². The van der Waals surface area contributed by atoms with Crippen molar-refractivity contribution in [2.45, 2.75) is 20.8 Å². The molecule has 72 valence electrons. The summed E-state index contributed by atoms with van der Waals surface area (Å²) in [6.07, 6.45) is 0. The Hall–Kier alpha value is -1.02. The van der Waals surface area contributed by atoms with Crippen LogP contribution in [-0.2, 0) is 0 Å². The van der Waals surface area contributed by atoms with E-state index in [1.807, 2.05) is 20.8 Å². The number of hydrogen-bond donors (Lipinski definition) is 1. The number of amides is 1. The van der Waals surface area contributed by atoms with E-state index in [0.717, 1.165) is 5.56 Å². The van der Waals surface area contributed by atoms with Crippen LogP contribution in [0.5, 0.6) is 0 Å². The second kappa shape index (κ2) is 5.60. The largest absolute Gasteiger partial charge is 0.366 e. The van der Waals surface area contributed by atoms with E-state index >= 15 is 0 Å². The van der Waals surface area contributed by atoms with Gasteiger partial charge in [0.25, 0.3) is 0 Å². The van der Waals surface area contributed by atoms with Crippen molar-refractivity contribution in [3.8, 4) is 0 Å². The van der Waals surface area contributed by atoms with Crippen LogP contribution in [0.2, 0.25) is 5.02 Å². The fraction of sp³-hybridized carbons (Fsp3) is 0.300. The highest BCUT2D eigenvalue weighted by atomic mass is 35.5. The van der Waals surface area contributed by atoms with E-state index < -0.39 is 5.91 Å². The molecule has 1 aromatic rings. The van der Waals surface area contributed by atoms with Crippen LogP contribution in [0.15, 0.2) is 18.2 Å². The number of carbonyl (C=O) groups is 1. The molecule has 13 heavy (non-hydrogen) atoms. The van der Waals surface area contributed by atoms with Gasteiger partial charge in [-0.2, -0.15) is 0 Å². The smallest absolute Gasteiger partial charge is 0.248 e. The average molecular weight is 200 g/mol. The minimum Gasteiger partial charge on any atom is -0.366 e. The Labute approximate surface area is 83.7 Å². The first-order valence-electron chi connectivity index (χ1n) is 4.17. The lowest BCUT2D eigenvalue weighted by Gasteiger charge is -1.98. The molecule has 0 aliphatic carbocycles. The summed E-state index contributed by atoms with van der Waals surface area (Å²) in [5, 5.41) is 0.571. The first-order valence-corrected chi connectivity index (χ1v) is 4.55. The SMILES string of the molecule is CC.Cc1ccc(C(N)=O)cc1Cl. The second-order valence-corrected chi connectivity index (χ2v) is 2.74. The van der Waals surface area contributed by atoms with E-state index in [1.54, 1.807) is 18.2 Å². The molecule has 0 atom stereocenters. The first-order chi connectivity index (χ1) is 6.11. The summed E-state index contributed by atoms with van der Waals surface area (Å²) in [7, 11) is 0. The predicted octanol–water partition coefficient (Wildman–Crippen LogP) is 2.77. The molecule has 0 unspecified atom stereocenters. The Morgan fingerprint density at radius 3 is 2.31 bits per heavy atom. The second-order valence-electron chi connectivity index (χ2n) is 2.33. The molecule has 0 saturated carbocycles. The molecule has 3 heteroatoms. The summed E-state index contributed by atoms with van der Waals surface area (Å²) in [5.41, 5.74) is 6.42. The monoisotopic (exact) mass is 199 g/mol. The van der Waals surface area contributed by atoms with Gasteiger partial charge in [-0.25, -0.2) is 0 Å². The predicted molar refractivity (Wildman–Crippen MR) is 56.1 cm³/mol. The van der Waals surface area contributed by atoms with Crippen LogP contribution in [0.4, 0.5) is 0 Å². The summed E-state index contributed by atoms with van der Waals surface area (Å²) in [6.45, 7) is 5.87. The zero-order chi connectivity index (χ0) is 10.4. The minimum atomic E-state index is -0.452. The maximum Gasteiger partial charge on any atom is 0.248 e. The van der Waals surface area contributed by atoms with Crippen molar-refractivity contribution in [2.75, 3.05) is 0 Å². The third-order valence-electron chi connectivity index (χ3n) is 1.46. The number of primary amides is 1. The number of benzene rings is 1. The lowest BCUT2D eigenvalue weighted by Crippen LogP contribution is -2.10. The van der Waals surface area contributed by atoms with E-state index in [4.69, 9.17) is 17.3 Å². The number of aryl methyl sites for hydroxylation is 1. The van der Waals surface area contributed by atoms with Crippen LogP contribution in [0.3, 0.4) is 0 Å². The van der Waals surface area contributed by atoms with Gasteiger partial charge in [0.2, 0.25) is 5.91 Å². The highest BCUT2D eigenvalue weighted by Gasteiger charge is 2.01. The van der Waals surface area contributed by atoms with Crippen molar-refractivity contribution in [2.24, 2.45) is 5.73 Å². The lowest BCUT2D eigenvalue weighted by atomic mass is 10.1. The normalized spacial score (nSPS) is 8.62. The average Bonchev–Trinajstić information content (AvgIpc) is 2.13. The van der Waals surface area contributed by atoms with Gasteiger partial charge in [0, 0.05) is 10.6 Å². The molecular weight excluding hydrogens is 186 g/mol. The summed E-state index contributed by atoms with van der Waals surface area (Å²) in [6, 6.07) is 4.99. The van der Waals surface area contributed by atoms with Crippen molar-refractivity contribution >= 4 is 17.5 Å². The van der Waals surface area contributed by atoms with E-state index in [9.17, 15) is 4.79 Å². The molecule has 0 saturated heterocycles. The zero-order valence-corrected chi connectivity index (χ0v) is 8.85. The first kappa shape index (κ1) is 12.0. The molecular formula is C10H14ClNO. The van der Waals surface area contributed by atoms with Gasteiger partial charge in [-0.15, -0.1) is 0 Å². The summed E-state index contributed by atoms with van der Waals surface area (Å²) in [5.74, 6) is -0.452. The van der Waals surface area contributed by atoms with Crippen LogP contribution in [-0.4, -0.2) is 5.91 Å². The zero-order valence-electron chi connectivity index (χ0n) is 8.10. The van der Waals surface area contributed by atoms with Crippen molar-refractivity contribution in [3.05, 3.63) is 34.3 Å². The fourth-order valence-corrected chi connectivity index (χ4v) is 0.927. The van der Waals surface area contributed by atoms with Crippen LogP contribution in [0.1, 0.15) is 29.8 Å². The van der Waals surface area contributed by atoms with Gasteiger partial charge in [-0.3, -0.25) is 4.79 Å². The number of halogens is 1. The number of rotatable bonds is 1. The quantitative estimate of drug-likeness (QED) is 0.743. The molecule has 0 aliphatic heterocycles. The molecule has 0 heterocycles. The number of carbonyl (C=O) groups excluding carboxylic acids is 1. The molecule has 0 aromatic heterocycles. The van der Waals surface area contributed by atoms with Crippen LogP contribution in [0.25, 0.3) is 0 Å². The van der Waals surface area contributed by atoms with Crippen LogP contribution in [0, 0.1) is 6.92 Å². The van der Waals surface area contributed by atoms with Gasteiger partial charge in [-0.05, 0) is 24.6 Å². The third-order valence-corrected chi connectivity index (χ3v) is 1.86. The minimum absolute atomic E-state index is 0.445. The topological polar surface area (TPSA) is 43.1 Å². The Balaban J connectivity index is 0.000000671. The van der Waals surface area contributed by atoms with Gasteiger partial charge in [-0.1, -0.05) is 31.5 Å². The van der Waals surface area contributed by atoms with Gasteiger partial charge >= 0.3 is 0 Å². The fourth-order valence-electron chi connectivity index (χ4n) is 0.746. The Bertz CT molecular complexity index is 297. The Morgan fingerprint density at radius 1 is 1.38 bits per heavy atom. The van der Waals surface area contributed by atoms with Crippen LogP contribution >= 0.6 is 11.6 Å². The van der Waals surface area contributed by atoms with E-state index in [-0.39, 0.29) is 0 Å². The maximum atomic E-state index is 10.6. The van der Waals surface area contributed by atoms with Crippen molar-refractivity contribution in [1.29, 1.82) is 0 Å². The van der Waals surface area contributed by atoms with Crippen LogP contribution < -0.4 is 5.73 Å². The molecule has 0 fully saturated rings. The molecule has 0 aliphatic rings. The molecule has 1 aromatic carbocycles. The lowest BCUT2D eigenvalue weighted by molar-refractivity contribution is 0.100. The highest BCUT2D eigenvalue weighted by Crippen LogP contribution is 2.15. The van der Waals surface area contributed by atoms with Gasteiger partial charge < -0.3 is 5.73 Å². The van der Waals surface area contributed by atoms with Crippen molar-refractivity contribution < 1.29 is 4.79 Å². The molecule has 0 radical (unpaired) electrons. The number of hydrogen-bond acceptors (Lipinski definition) is 1. The summed E-state index contributed by atoms with van der Waals surface area (Å²) < 4.78 is 0. The summed E-state index contributed by atoms with van der Waals surface area (Å²) >= 11 is 5.75. The Kier molecular flexibility index (Phi) is 5.16. The molecule has 0 spiro atoms. The maximum absolute atomic E-state index is 10.6. The van der Waals surface area contributed by atoms with E-state index in [2.05, 4.69) is 0 Å². The molecule has 0 bridgehead atoms. The highest BCUT2D eigenvalue weighted by molar-refractivity contribution is 6.31. The number of nitrogens with two attached hydrogens (primary N) is 1. The molecule has 1 rings (SSSR count). The van der Waals surface area contributed by atoms with Gasteiger partial charge in [0.1, 0.15) is 0 Å². The molecule has 1 amide bonds. The van der Waals surface area contributed by atoms with Crippen molar-refractivity contribution in [1.82, 2.24) is 0 Å². The third kappa shape index (κ3) is 3.47. The standard InChI is InChI=1S/C8H8ClNO.C2H6/c1-5-2-3-6(8(10)11)4-7(5)9;1-2/h2-4H,1H3,(H2,10,11);1-2H3. The Morgan fingerprint density at radius 2 is 1.92 bits per heavy atom. The van der Waals surface area contributed by atoms with Crippen molar-refractivity contribution in [3.63, 3.8) is 0 Å². The van der Waals surface area contributed by atoms with Gasteiger partial charge in [0.15, 0.2) is 0 Å². The van der Waals surface area contributed by atoms with E-state index in [1.165, 1.54) is 0 Å².